The smallest absolute Gasteiger partial charge is 0.0540 e. The summed E-state index contributed by atoms with van der Waals surface area (Å²) in [5.74, 6) is 0. The minimum Gasteiger partial charge on any atom is -0.393 e. The van der Waals surface area contributed by atoms with Gasteiger partial charge < -0.3 is 5.11 Å². The standard InChI is InChI=1S/C14H22O/c1-3-5-6-7-8-9-10-11-12-13-14(15)4-2/h3,5-11,14-15H,4,12-13H2,1-2H3/b5-3+,7-6+,9-8-,11-10+/t14-/m0/s1. The van der Waals surface area contributed by atoms with Crippen LogP contribution in [0, 0.1) is 0 Å². The Morgan fingerprint density at radius 2 is 1.60 bits per heavy atom. The molecule has 0 saturated heterocycles. The zero-order valence-corrected chi connectivity index (χ0v) is 9.76. The third kappa shape index (κ3) is 10.8. The topological polar surface area (TPSA) is 20.2 Å². The SMILES string of the molecule is C/C=C/C=C/C=C\C=C\CC[C@@H](O)CC. The van der Waals surface area contributed by atoms with Crippen molar-refractivity contribution in [3.05, 3.63) is 48.6 Å². The van der Waals surface area contributed by atoms with E-state index in [1.807, 2.05) is 56.4 Å². The van der Waals surface area contributed by atoms with Crippen LogP contribution in [0.4, 0.5) is 0 Å². The van der Waals surface area contributed by atoms with Gasteiger partial charge in [-0.25, -0.2) is 0 Å². The van der Waals surface area contributed by atoms with Crippen molar-refractivity contribution in [1.82, 2.24) is 0 Å². The maximum atomic E-state index is 9.29. The molecule has 1 heteroatoms. The summed E-state index contributed by atoms with van der Waals surface area (Å²) in [6, 6.07) is 0. The number of hydrogen-bond donors (Lipinski definition) is 1. The quantitative estimate of drug-likeness (QED) is 0.628. The minimum absolute atomic E-state index is 0.145. The lowest BCUT2D eigenvalue weighted by atomic mass is 10.1. The highest BCUT2D eigenvalue weighted by Gasteiger charge is 1.96. The molecule has 0 fully saturated rings. The molecule has 1 nitrogen and oxygen atoms in total. The van der Waals surface area contributed by atoms with E-state index in [1.54, 1.807) is 0 Å². The highest BCUT2D eigenvalue weighted by atomic mass is 16.3. The van der Waals surface area contributed by atoms with E-state index in [-0.39, 0.29) is 6.10 Å². The molecule has 1 N–H and O–H groups in total. The first-order valence-electron chi connectivity index (χ1n) is 5.60. The Morgan fingerprint density at radius 1 is 1.00 bits per heavy atom. The summed E-state index contributed by atoms with van der Waals surface area (Å²) in [7, 11) is 0. The lowest BCUT2D eigenvalue weighted by molar-refractivity contribution is 0.161. The summed E-state index contributed by atoms with van der Waals surface area (Å²) in [6.07, 6.45) is 18.6. The fraction of sp³-hybridized carbons (Fsp3) is 0.429. The molecule has 0 aliphatic carbocycles. The molecule has 0 heterocycles. The second-order valence-corrected chi connectivity index (χ2v) is 3.36. The van der Waals surface area contributed by atoms with Gasteiger partial charge in [-0.2, -0.15) is 0 Å². The molecule has 0 rings (SSSR count). The van der Waals surface area contributed by atoms with Gasteiger partial charge in [0.15, 0.2) is 0 Å². The molecule has 1 atom stereocenters. The molecular weight excluding hydrogens is 184 g/mol. The lowest BCUT2D eigenvalue weighted by Gasteiger charge is -2.02. The monoisotopic (exact) mass is 206 g/mol. The molecule has 15 heavy (non-hydrogen) atoms. The van der Waals surface area contributed by atoms with Gasteiger partial charge in [-0.15, -0.1) is 0 Å². The van der Waals surface area contributed by atoms with Gasteiger partial charge in [0, 0.05) is 0 Å². The summed E-state index contributed by atoms with van der Waals surface area (Å²) in [5, 5.41) is 9.29. The fourth-order valence-corrected chi connectivity index (χ4v) is 1.04. The summed E-state index contributed by atoms with van der Waals surface area (Å²) in [6.45, 7) is 3.99. The van der Waals surface area contributed by atoms with Crippen molar-refractivity contribution in [2.45, 2.75) is 39.2 Å². The van der Waals surface area contributed by atoms with Crippen molar-refractivity contribution in [2.24, 2.45) is 0 Å². The van der Waals surface area contributed by atoms with Crippen LogP contribution >= 0.6 is 0 Å². The number of rotatable bonds is 7. The Balaban J connectivity index is 3.53. The van der Waals surface area contributed by atoms with Crippen LogP contribution in [0.5, 0.6) is 0 Å². The van der Waals surface area contributed by atoms with Gasteiger partial charge in [-0.1, -0.05) is 55.5 Å². The van der Waals surface area contributed by atoms with Crippen molar-refractivity contribution < 1.29 is 5.11 Å². The number of hydrogen-bond acceptors (Lipinski definition) is 1. The van der Waals surface area contributed by atoms with Gasteiger partial charge in [0.1, 0.15) is 0 Å². The van der Waals surface area contributed by atoms with E-state index in [0.29, 0.717) is 0 Å². The van der Waals surface area contributed by atoms with Gasteiger partial charge in [0.05, 0.1) is 6.10 Å². The maximum Gasteiger partial charge on any atom is 0.0540 e. The predicted molar refractivity (Wildman–Crippen MR) is 67.8 cm³/mol. The maximum absolute atomic E-state index is 9.29. The van der Waals surface area contributed by atoms with Crippen molar-refractivity contribution in [2.75, 3.05) is 0 Å². The van der Waals surface area contributed by atoms with Gasteiger partial charge in [-0.05, 0) is 26.2 Å². The average molecular weight is 206 g/mol. The molecule has 84 valence electrons. The molecule has 0 aliphatic heterocycles. The highest BCUT2D eigenvalue weighted by Crippen LogP contribution is 2.01. The van der Waals surface area contributed by atoms with Crippen molar-refractivity contribution in [3.63, 3.8) is 0 Å². The zero-order valence-electron chi connectivity index (χ0n) is 9.76. The summed E-state index contributed by atoms with van der Waals surface area (Å²) >= 11 is 0. The first-order valence-corrected chi connectivity index (χ1v) is 5.60. The van der Waals surface area contributed by atoms with Crippen LogP contribution in [-0.2, 0) is 0 Å². The van der Waals surface area contributed by atoms with Gasteiger partial charge in [0.2, 0.25) is 0 Å². The molecule has 0 aromatic heterocycles. The summed E-state index contributed by atoms with van der Waals surface area (Å²) < 4.78 is 0. The molecule has 0 aliphatic rings. The third-order valence-corrected chi connectivity index (χ3v) is 2.02. The van der Waals surface area contributed by atoms with E-state index >= 15 is 0 Å². The fourth-order valence-electron chi connectivity index (χ4n) is 1.04. The van der Waals surface area contributed by atoms with Gasteiger partial charge in [0.25, 0.3) is 0 Å². The first-order chi connectivity index (χ1) is 7.31. The van der Waals surface area contributed by atoms with E-state index in [1.165, 1.54) is 0 Å². The van der Waals surface area contributed by atoms with E-state index in [2.05, 4.69) is 6.08 Å². The molecule has 0 unspecified atom stereocenters. The Labute approximate surface area is 93.5 Å². The minimum atomic E-state index is -0.145. The molecule has 0 amide bonds. The number of aliphatic hydroxyl groups excluding tert-OH is 1. The van der Waals surface area contributed by atoms with Crippen LogP contribution in [0.2, 0.25) is 0 Å². The van der Waals surface area contributed by atoms with Crippen LogP contribution in [0.25, 0.3) is 0 Å². The molecule has 0 spiro atoms. The lowest BCUT2D eigenvalue weighted by Crippen LogP contribution is -2.02. The summed E-state index contributed by atoms with van der Waals surface area (Å²) in [4.78, 5) is 0. The molecule has 0 aromatic carbocycles. The van der Waals surface area contributed by atoms with Crippen LogP contribution in [0.3, 0.4) is 0 Å². The molecular formula is C14H22O. The van der Waals surface area contributed by atoms with Crippen LogP contribution in [-0.4, -0.2) is 11.2 Å². The van der Waals surface area contributed by atoms with Gasteiger partial charge in [-0.3, -0.25) is 0 Å². The Morgan fingerprint density at radius 3 is 2.20 bits per heavy atom. The molecule has 0 bridgehead atoms. The second-order valence-electron chi connectivity index (χ2n) is 3.36. The Bertz CT molecular complexity index is 234. The van der Waals surface area contributed by atoms with E-state index in [9.17, 15) is 5.11 Å². The number of allylic oxidation sites excluding steroid dienone is 8. The second kappa shape index (κ2) is 11.0. The Hall–Kier alpha value is -1.08. The normalized spacial score (nSPS) is 15.1. The van der Waals surface area contributed by atoms with Crippen molar-refractivity contribution in [1.29, 1.82) is 0 Å². The molecule has 0 aromatic rings. The van der Waals surface area contributed by atoms with Crippen LogP contribution < -0.4 is 0 Å². The predicted octanol–water partition coefficient (Wildman–Crippen LogP) is 3.78. The Kier molecular flexibility index (Phi) is 10.2. The number of aliphatic hydroxyl groups is 1. The zero-order chi connectivity index (χ0) is 11.4. The highest BCUT2D eigenvalue weighted by molar-refractivity contribution is 5.14. The van der Waals surface area contributed by atoms with Gasteiger partial charge >= 0.3 is 0 Å². The third-order valence-electron chi connectivity index (χ3n) is 2.02. The van der Waals surface area contributed by atoms with E-state index < -0.39 is 0 Å². The van der Waals surface area contributed by atoms with Crippen LogP contribution in [0.1, 0.15) is 33.1 Å². The molecule has 0 saturated carbocycles. The largest absolute Gasteiger partial charge is 0.393 e. The average Bonchev–Trinajstić information content (AvgIpc) is 2.26. The van der Waals surface area contributed by atoms with E-state index in [4.69, 9.17) is 0 Å². The van der Waals surface area contributed by atoms with E-state index in [0.717, 1.165) is 19.3 Å². The van der Waals surface area contributed by atoms with Crippen molar-refractivity contribution in [3.8, 4) is 0 Å². The van der Waals surface area contributed by atoms with Crippen molar-refractivity contribution >= 4 is 0 Å². The first kappa shape index (κ1) is 13.9. The van der Waals surface area contributed by atoms with Crippen LogP contribution in [0.15, 0.2) is 48.6 Å². The summed E-state index contributed by atoms with van der Waals surface area (Å²) in [5.41, 5.74) is 0. The molecule has 0 radical (unpaired) electrons.